The third-order valence-corrected chi connectivity index (χ3v) is 2.92. The van der Waals surface area contributed by atoms with E-state index in [4.69, 9.17) is 5.73 Å². The summed E-state index contributed by atoms with van der Waals surface area (Å²) >= 11 is 0. The zero-order chi connectivity index (χ0) is 11.7. The second-order valence-corrected chi connectivity index (χ2v) is 4.50. The van der Waals surface area contributed by atoms with Gasteiger partial charge in [-0.25, -0.2) is 5.01 Å². The van der Waals surface area contributed by atoms with Crippen molar-refractivity contribution in [1.82, 2.24) is 5.01 Å². The Morgan fingerprint density at radius 1 is 1.19 bits per heavy atom. The average Bonchev–Trinajstić information content (AvgIpc) is 2.57. The lowest BCUT2D eigenvalue weighted by molar-refractivity contribution is 0.254. The van der Waals surface area contributed by atoms with Crippen molar-refractivity contribution in [3.05, 3.63) is 41.7 Å². The molecule has 0 aromatic heterocycles. The molecule has 0 aliphatic carbocycles. The minimum atomic E-state index is 0.441. The molecular weight excluding hydrogens is 198 g/mol. The third kappa shape index (κ3) is 1.78. The van der Waals surface area contributed by atoms with Crippen molar-refractivity contribution in [2.24, 2.45) is 5.73 Å². The Labute approximate surface area is 97.1 Å². The fourth-order valence-corrected chi connectivity index (χ4v) is 1.98. The van der Waals surface area contributed by atoms with Crippen LogP contribution in [0.25, 0.3) is 0 Å². The average molecular weight is 217 g/mol. The highest BCUT2D eigenvalue weighted by atomic mass is 15.7. The SMILES string of the molecule is CC1=C(N)N(c2ccccc2)N(C(C)C)C1. The molecule has 16 heavy (non-hydrogen) atoms. The van der Waals surface area contributed by atoms with Crippen molar-refractivity contribution in [2.45, 2.75) is 26.8 Å². The minimum Gasteiger partial charge on any atom is -0.384 e. The van der Waals surface area contributed by atoms with Crippen LogP contribution < -0.4 is 10.7 Å². The van der Waals surface area contributed by atoms with Crippen molar-refractivity contribution in [3.8, 4) is 0 Å². The normalized spacial score (nSPS) is 17.6. The van der Waals surface area contributed by atoms with Gasteiger partial charge in [0, 0.05) is 12.6 Å². The number of hydrogen-bond donors (Lipinski definition) is 1. The van der Waals surface area contributed by atoms with E-state index in [0.717, 1.165) is 18.1 Å². The first kappa shape index (κ1) is 11.0. The number of hydrogen-bond acceptors (Lipinski definition) is 3. The van der Waals surface area contributed by atoms with Gasteiger partial charge in [0.2, 0.25) is 0 Å². The lowest BCUT2D eigenvalue weighted by Crippen LogP contribution is -2.43. The van der Waals surface area contributed by atoms with Crippen LogP contribution in [0.15, 0.2) is 41.7 Å². The van der Waals surface area contributed by atoms with Crippen LogP contribution in [-0.4, -0.2) is 17.6 Å². The molecule has 2 N–H and O–H groups in total. The van der Waals surface area contributed by atoms with Gasteiger partial charge in [-0.15, -0.1) is 0 Å². The van der Waals surface area contributed by atoms with Gasteiger partial charge in [-0.3, -0.25) is 5.01 Å². The standard InChI is InChI=1S/C13H19N3/c1-10(2)15-9-11(3)13(14)16(15)12-7-5-4-6-8-12/h4-8,10H,9,14H2,1-3H3. The maximum Gasteiger partial charge on any atom is 0.118 e. The van der Waals surface area contributed by atoms with Crippen LogP contribution >= 0.6 is 0 Å². The van der Waals surface area contributed by atoms with Crippen LogP contribution in [0, 0.1) is 0 Å². The number of nitrogens with zero attached hydrogens (tertiary/aromatic N) is 2. The van der Waals surface area contributed by atoms with Crippen molar-refractivity contribution in [3.63, 3.8) is 0 Å². The van der Waals surface area contributed by atoms with Crippen LogP contribution in [0.2, 0.25) is 0 Å². The largest absolute Gasteiger partial charge is 0.384 e. The Kier molecular flexibility index (Phi) is 2.88. The molecule has 0 unspecified atom stereocenters. The Balaban J connectivity index is 2.36. The number of hydrazine groups is 1. The molecule has 0 amide bonds. The number of anilines is 1. The highest BCUT2D eigenvalue weighted by molar-refractivity contribution is 5.53. The van der Waals surface area contributed by atoms with E-state index in [-0.39, 0.29) is 0 Å². The second-order valence-electron chi connectivity index (χ2n) is 4.50. The van der Waals surface area contributed by atoms with E-state index in [1.165, 1.54) is 5.57 Å². The highest BCUT2D eigenvalue weighted by Gasteiger charge is 2.28. The third-order valence-electron chi connectivity index (χ3n) is 2.92. The van der Waals surface area contributed by atoms with Crippen LogP contribution in [0.3, 0.4) is 0 Å². The summed E-state index contributed by atoms with van der Waals surface area (Å²) < 4.78 is 0. The van der Waals surface area contributed by atoms with Gasteiger partial charge < -0.3 is 5.73 Å². The molecule has 0 spiro atoms. The number of rotatable bonds is 2. The summed E-state index contributed by atoms with van der Waals surface area (Å²) in [6.07, 6.45) is 0. The summed E-state index contributed by atoms with van der Waals surface area (Å²) in [5.41, 5.74) is 8.51. The van der Waals surface area contributed by atoms with Crippen LogP contribution in [-0.2, 0) is 0 Å². The molecule has 86 valence electrons. The first-order chi connectivity index (χ1) is 7.61. The Morgan fingerprint density at radius 3 is 2.38 bits per heavy atom. The van der Waals surface area contributed by atoms with E-state index in [1.54, 1.807) is 0 Å². The predicted octanol–water partition coefficient (Wildman–Crippen LogP) is 2.32. The van der Waals surface area contributed by atoms with Gasteiger partial charge in [0.05, 0.1) is 5.69 Å². The molecule has 0 fully saturated rings. The van der Waals surface area contributed by atoms with Gasteiger partial charge in [0.25, 0.3) is 0 Å². The molecule has 0 bridgehead atoms. The van der Waals surface area contributed by atoms with E-state index >= 15 is 0 Å². The molecule has 0 saturated carbocycles. The van der Waals surface area contributed by atoms with Crippen molar-refractivity contribution < 1.29 is 0 Å². The molecule has 1 heterocycles. The van der Waals surface area contributed by atoms with E-state index in [1.807, 2.05) is 18.2 Å². The first-order valence-electron chi connectivity index (χ1n) is 5.68. The highest BCUT2D eigenvalue weighted by Crippen LogP contribution is 2.28. The molecule has 1 aromatic carbocycles. The van der Waals surface area contributed by atoms with Crippen molar-refractivity contribution in [2.75, 3.05) is 11.6 Å². The summed E-state index contributed by atoms with van der Waals surface area (Å²) in [5.74, 6) is 0.861. The van der Waals surface area contributed by atoms with Crippen LogP contribution in [0.4, 0.5) is 5.69 Å². The Hall–Kier alpha value is -1.48. The fourth-order valence-electron chi connectivity index (χ4n) is 1.98. The summed E-state index contributed by atoms with van der Waals surface area (Å²) in [4.78, 5) is 0. The molecule has 1 aromatic rings. The minimum absolute atomic E-state index is 0.441. The quantitative estimate of drug-likeness (QED) is 0.825. The summed E-state index contributed by atoms with van der Waals surface area (Å²) in [6.45, 7) is 7.37. The lowest BCUT2D eigenvalue weighted by Gasteiger charge is -2.33. The molecule has 3 nitrogen and oxygen atoms in total. The first-order valence-corrected chi connectivity index (χ1v) is 5.68. The molecule has 0 atom stereocenters. The fraction of sp³-hybridized carbons (Fsp3) is 0.385. The number of nitrogens with two attached hydrogens (primary N) is 1. The summed E-state index contributed by atoms with van der Waals surface area (Å²) in [5, 5.41) is 4.39. The number of para-hydroxylation sites is 1. The predicted molar refractivity (Wildman–Crippen MR) is 67.7 cm³/mol. The van der Waals surface area contributed by atoms with E-state index in [9.17, 15) is 0 Å². The smallest absolute Gasteiger partial charge is 0.118 e. The lowest BCUT2D eigenvalue weighted by atomic mass is 10.3. The van der Waals surface area contributed by atoms with E-state index in [0.29, 0.717) is 6.04 Å². The van der Waals surface area contributed by atoms with E-state index < -0.39 is 0 Å². The van der Waals surface area contributed by atoms with Crippen molar-refractivity contribution in [1.29, 1.82) is 0 Å². The van der Waals surface area contributed by atoms with Gasteiger partial charge >= 0.3 is 0 Å². The molecule has 2 rings (SSSR count). The maximum absolute atomic E-state index is 6.15. The summed E-state index contributed by atoms with van der Waals surface area (Å²) in [6, 6.07) is 10.7. The van der Waals surface area contributed by atoms with Crippen LogP contribution in [0.1, 0.15) is 20.8 Å². The second kappa shape index (κ2) is 4.18. The van der Waals surface area contributed by atoms with E-state index in [2.05, 4.69) is 42.9 Å². The molecule has 0 saturated heterocycles. The zero-order valence-corrected chi connectivity index (χ0v) is 10.1. The van der Waals surface area contributed by atoms with Gasteiger partial charge in [-0.05, 0) is 38.5 Å². The Morgan fingerprint density at radius 2 is 1.81 bits per heavy atom. The molecule has 1 aliphatic rings. The Bertz CT molecular complexity index is 395. The zero-order valence-electron chi connectivity index (χ0n) is 10.1. The molecule has 3 heteroatoms. The molecular formula is C13H19N3. The molecule has 0 radical (unpaired) electrons. The molecule has 1 aliphatic heterocycles. The maximum atomic E-state index is 6.15. The topological polar surface area (TPSA) is 32.5 Å². The van der Waals surface area contributed by atoms with Crippen LogP contribution in [0.5, 0.6) is 0 Å². The number of benzene rings is 1. The van der Waals surface area contributed by atoms with Gasteiger partial charge in [-0.2, -0.15) is 0 Å². The van der Waals surface area contributed by atoms with Gasteiger partial charge in [0.15, 0.2) is 0 Å². The van der Waals surface area contributed by atoms with Crippen molar-refractivity contribution >= 4 is 5.69 Å². The van der Waals surface area contributed by atoms with Gasteiger partial charge in [-0.1, -0.05) is 18.2 Å². The van der Waals surface area contributed by atoms with Gasteiger partial charge in [0.1, 0.15) is 5.82 Å². The monoisotopic (exact) mass is 217 g/mol. The summed E-state index contributed by atoms with van der Waals surface area (Å²) in [7, 11) is 0.